The quantitative estimate of drug-likeness (QED) is 0.434. The molecule has 1 rings (SSSR count). The van der Waals surface area contributed by atoms with Crippen LogP contribution in [0.15, 0.2) is 16.7 Å². The minimum atomic E-state index is -0.442. The van der Waals surface area contributed by atoms with Crippen molar-refractivity contribution < 1.29 is 13.9 Å². The lowest BCUT2D eigenvalue weighted by molar-refractivity contribution is 0.0875. The van der Waals surface area contributed by atoms with Gasteiger partial charge < -0.3 is 9.15 Å². The van der Waals surface area contributed by atoms with Gasteiger partial charge in [-0.2, -0.15) is 0 Å². The van der Waals surface area contributed by atoms with Gasteiger partial charge in [0.25, 0.3) is 0 Å². The van der Waals surface area contributed by atoms with Crippen molar-refractivity contribution in [2.24, 2.45) is 11.8 Å². The summed E-state index contributed by atoms with van der Waals surface area (Å²) in [7, 11) is 0. The van der Waals surface area contributed by atoms with E-state index in [2.05, 4.69) is 13.8 Å². The maximum Gasteiger partial charge on any atom is 0.301 e. The van der Waals surface area contributed by atoms with Gasteiger partial charge in [0.1, 0.15) is 0 Å². The summed E-state index contributed by atoms with van der Waals surface area (Å²) in [5.74, 6) is 5.24. The third-order valence-electron chi connectivity index (χ3n) is 1.79. The first kappa shape index (κ1) is 11.7. The summed E-state index contributed by atoms with van der Waals surface area (Å²) < 4.78 is 10.4. The molecule has 0 spiro atoms. The molecular formula is C10H16N2O3. The van der Waals surface area contributed by atoms with E-state index in [0.29, 0.717) is 24.7 Å². The summed E-state index contributed by atoms with van der Waals surface area (Å²) in [6, 6.07) is 1.70. The van der Waals surface area contributed by atoms with Crippen LogP contribution in [0.25, 0.3) is 0 Å². The van der Waals surface area contributed by atoms with Gasteiger partial charge in [-0.1, -0.05) is 13.8 Å². The number of nitrogen functional groups attached to an aromatic ring is 1. The number of hydrogen-bond acceptors (Lipinski definition) is 4. The normalized spacial score (nSPS) is 10.7. The van der Waals surface area contributed by atoms with E-state index in [4.69, 9.17) is 15.0 Å². The van der Waals surface area contributed by atoms with E-state index in [9.17, 15) is 4.79 Å². The molecule has 5 nitrogen and oxygen atoms in total. The second kappa shape index (κ2) is 5.53. The fourth-order valence-electron chi connectivity index (χ4n) is 1.12. The van der Waals surface area contributed by atoms with Gasteiger partial charge in [0.15, 0.2) is 5.76 Å². The number of rotatable bonds is 5. The van der Waals surface area contributed by atoms with E-state index >= 15 is 0 Å². The van der Waals surface area contributed by atoms with Crippen molar-refractivity contribution in [3.05, 3.63) is 23.7 Å². The van der Waals surface area contributed by atoms with Gasteiger partial charge in [-0.3, -0.25) is 10.2 Å². The molecule has 0 saturated carbocycles. The molecule has 1 amide bonds. The SMILES string of the molecule is CC(C)COCc1ccoc1C(=O)NN. The highest BCUT2D eigenvalue weighted by atomic mass is 16.5. The van der Waals surface area contributed by atoms with E-state index in [-0.39, 0.29) is 5.76 Å². The van der Waals surface area contributed by atoms with Crippen LogP contribution in [-0.4, -0.2) is 12.5 Å². The fraction of sp³-hybridized carbons (Fsp3) is 0.500. The van der Waals surface area contributed by atoms with Crippen molar-refractivity contribution in [2.75, 3.05) is 6.61 Å². The van der Waals surface area contributed by atoms with E-state index in [1.807, 2.05) is 5.43 Å². The number of hydrazine groups is 1. The maximum absolute atomic E-state index is 11.2. The van der Waals surface area contributed by atoms with Crippen LogP contribution in [-0.2, 0) is 11.3 Å². The second-order valence-corrected chi connectivity index (χ2v) is 3.66. The number of hydrogen-bond donors (Lipinski definition) is 2. The third kappa shape index (κ3) is 3.38. The molecule has 0 fully saturated rings. The Morgan fingerprint density at radius 2 is 2.40 bits per heavy atom. The molecule has 0 saturated heterocycles. The number of nitrogens with one attached hydrogen (secondary N) is 1. The van der Waals surface area contributed by atoms with Gasteiger partial charge in [-0.05, 0) is 12.0 Å². The molecule has 0 radical (unpaired) electrons. The molecule has 0 unspecified atom stereocenters. The van der Waals surface area contributed by atoms with Crippen LogP contribution in [0.1, 0.15) is 30.0 Å². The van der Waals surface area contributed by atoms with Crippen molar-refractivity contribution in [2.45, 2.75) is 20.5 Å². The van der Waals surface area contributed by atoms with Gasteiger partial charge in [-0.25, -0.2) is 5.84 Å². The molecule has 3 N–H and O–H groups in total. The van der Waals surface area contributed by atoms with E-state index < -0.39 is 5.91 Å². The lowest BCUT2D eigenvalue weighted by Crippen LogP contribution is -2.30. The van der Waals surface area contributed by atoms with Crippen LogP contribution >= 0.6 is 0 Å². The molecule has 15 heavy (non-hydrogen) atoms. The zero-order valence-electron chi connectivity index (χ0n) is 8.95. The van der Waals surface area contributed by atoms with E-state index in [0.717, 1.165) is 0 Å². The average molecular weight is 212 g/mol. The standard InChI is InChI=1S/C10H16N2O3/c1-7(2)5-14-6-8-3-4-15-9(8)10(13)12-11/h3-4,7H,5-6,11H2,1-2H3,(H,12,13). The summed E-state index contributed by atoms with van der Waals surface area (Å²) in [6.45, 7) is 5.12. The van der Waals surface area contributed by atoms with Crippen molar-refractivity contribution in [1.82, 2.24) is 5.43 Å². The monoisotopic (exact) mass is 212 g/mol. The Kier molecular flexibility index (Phi) is 4.33. The fourth-order valence-corrected chi connectivity index (χ4v) is 1.12. The molecule has 0 aliphatic carbocycles. The summed E-state index contributed by atoms with van der Waals surface area (Å²) in [5, 5.41) is 0. The predicted octanol–water partition coefficient (Wildman–Crippen LogP) is 1.06. The molecule has 0 aromatic carbocycles. The number of ether oxygens (including phenoxy) is 1. The molecule has 0 aliphatic rings. The van der Waals surface area contributed by atoms with Crippen molar-refractivity contribution in [3.63, 3.8) is 0 Å². The maximum atomic E-state index is 11.2. The molecule has 0 aliphatic heterocycles. The average Bonchev–Trinajstić information content (AvgIpc) is 2.64. The van der Waals surface area contributed by atoms with Crippen molar-refractivity contribution >= 4 is 5.91 Å². The molecular weight excluding hydrogens is 196 g/mol. The third-order valence-corrected chi connectivity index (χ3v) is 1.79. The molecule has 1 aromatic heterocycles. The Morgan fingerprint density at radius 1 is 1.67 bits per heavy atom. The van der Waals surface area contributed by atoms with Crippen LogP contribution in [0.3, 0.4) is 0 Å². The Morgan fingerprint density at radius 3 is 3.00 bits per heavy atom. The lowest BCUT2D eigenvalue weighted by atomic mass is 10.2. The Bertz CT molecular complexity index is 320. The zero-order chi connectivity index (χ0) is 11.3. The van der Waals surface area contributed by atoms with Crippen molar-refractivity contribution in [1.29, 1.82) is 0 Å². The summed E-state index contributed by atoms with van der Waals surface area (Å²) in [6.07, 6.45) is 1.44. The smallest absolute Gasteiger partial charge is 0.301 e. The first-order valence-corrected chi connectivity index (χ1v) is 4.80. The molecule has 84 valence electrons. The second-order valence-electron chi connectivity index (χ2n) is 3.66. The van der Waals surface area contributed by atoms with Crippen LogP contribution in [0.2, 0.25) is 0 Å². The minimum absolute atomic E-state index is 0.209. The van der Waals surface area contributed by atoms with Crippen LogP contribution in [0, 0.1) is 5.92 Å². The first-order valence-electron chi connectivity index (χ1n) is 4.80. The predicted molar refractivity (Wildman–Crippen MR) is 54.9 cm³/mol. The van der Waals surface area contributed by atoms with Crippen LogP contribution < -0.4 is 11.3 Å². The summed E-state index contributed by atoms with van der Waals surface area (Å²) >= 11 is 0. The summed E-state index contributed by atoms with van der Waals surface area (Å²) in [5.41, 5.74) is 2.73. The van der Waals surface area contributed by atoms with Crippen LogP contribution in [0.5, 0.6) is 0 Å². The van der Waals surface area contributed by atoms with Gasteiger partial charge >= 0.3 is 5.91 Å². The van der Waals surface area contributed by atoms with Gasteiger partial charge in [0.05, 0.1) is 12.9 Å². The first-order chi connectivity index (χ1) is 7.15. The zero-order valence-corrected chi connectivity index (χ0v) is 8.95. The van der Waals surface area contributed by atoms with Gasteiger partial charge in [-0.15, -0.1) is 0 Å². The lowest BCUT2D eigenvalue weighted by Gasteiger charge is -2.06. The Labute approximate surface area is 88.6 Å². The minimum Gasteiger partial charge on any atom is -0.459 e. The van der Waals surface area contributed by atoms with E-state index in [1.165, 1.54) is 6.26 Å². The number of nitrogens with two attached hydrogens (primary N) is 1. The number of amides is 1. The Balaban J connectivity index is 2.54. The molecule has 0 bridgehead atoms. The number of furan rings is 1. The van der Waals surface area contributed by atoms with Gasteiger partial charge in [0.2, 0.25) is 0 Å². The number of carbonyl (C=O) groups excluding carboxylic acids is 1. The summed E-state index contributed by atoms with van der Waals surface area (Å²) in [4.78, 5) is 11.2. The molecule has 1 heterocycles. The highest BCUT2D eigenvalue weighted by Crippen LogP contribution is 2.12. The molecule has 5 heteroatoms. The van der Waals surface area contributed by atoms with Crippen LogP contribution in [0.4, 0.5) is 0 Å². The largest absolute Gasteiger partial charge is 0.459 e. The number of carbonyl (C=O) groups is 1. The molecule has 1 aromatic rings. The topological polar surface area (TPSA) is 77.5 Å². The van der Waals surface area contributed by atoms with Crippen molar-refractivity contribution in [3.8, 4) is 0 Å². The highest BCUT2D eigenvalue weighted by molar-refractivity contribution is 5.92. The highest BCUT2D eigenvalue weighted by Gasteiger charge is 2.13. The van der Waals surface area contributed by atoms with Gasteiger partial charge in [0, 0.05) is 12.2 Å². The van der Waals surface area contributed by atoms with E-state index in [1.54, 1.807) is 6.07 Å². The Hall–Kier alpha value is -1.33. The molecule has 0 atom stereocenters.